The van der Waals surface area contributed by atoms with E-state index in [1.165, 1.54) is 5.56 Å². The average molecular weight is 288 g/mol. The molecule has 3 heteroatoms. The third kappa shape index (κ3) is 4.10. The quantitative estimate of drug-likeness (QED) is 0.902. The Bertz CT molecular complexity index is 575. The zero-order valence-corrected chi connectivity index (χ0v) is 12.4. The molecule has 0 aromatic heterocycles. The lowest BCUT2D eigenvalue weighted by molar-refractivity contribution is -0.121. The van der Waals surface area contributed by atoms with Crippen LogP contribution in [0.5, 0.6) is 0 Å². The Balaban J connectivity index is 1.93. The van der Waals surface area contributed by atoms with Crippen LogP contribution in [0.1, 0.15) is 29.7 Å². The molecule has 1 amide bonds. The normalized spacial score (nSPS) is 11.9. The van der Waals surface area contributed by atoms with Crippen molar-refractivity contribution in [3.8, 4) is 0 Å². The molecule has 2 aromatic rings. The Kier molecular flexibility index (Phi) is 4.80. The van der Waals surface area contributed by atoms with E-state index in [0.29, 0.717) is 11.4 Å². The number of aryl methyl sites for hydroxylation is 1. The minimum Gasteiger partial charge on any atom is -0.349 e. The molecule has 104 valence electrons. The molecule has 2 rings (SSSR count). The summed E-state index contributed by atoms with van der Waals surface area (Å²) < 4.78 is 0. The lowest BCUT2D eigenvalue weighted by atomic mass is 10.1. The molecule has 0 bridgehead atoms. The molecule has 0 fully saturated rings. The summed E-state index contributed by atoms with van der Waals surface area (Å²) in [6.07, 6.45) is 0.368. The molecule has 0 heterocycles. The molecule has 1 N–H and O–H groups in total. The van der Waals surface area contributed by atoms with Crippen LogP contribution in [0.25, 0.3) is 0 Å². The van der Waals surface area contributed by atoms with Gasteiger partial charge in [-0.2, -0.15) is 0 Å². The third-order valence-electron chi connectivity index (χ3n) is 3.23. The molecular weight excluding hydrogens is 270 g/mol. The zero-order chi connectivity index (χ0) is 14.5. The summed E-state index contributed by atoms with van der Waals surface area (Å²) in [5.74, 6) is 0.0143. The Morgan fingerprint density at radius 2 is 1.70 bits per heavy atom. The first-order chi connectivity index (χ1) is 9.54. The van der Waals surface area contributed by atoms with E-state index >= 15 is 0 Å². The predicted molar refractivity (Wildman–Crippen MR) is 82.9 cm³/mol. The van der Waals surface area contributed by atoms with Crippen LogP contribution in [0.2, 0.25) is 5.02 Å². The monoisotopic (exact) mass is 287 g/mol. The standard InChI is InChI=1S/C17H18ClNO/c1-12-3-7-15(8-4-12)13(2)19-17(20)11-14-5-9-16(18)10-6-14/h3-10,13H,11H2,1-2H3,(H,19,20)/t13-/m1/s1. The van der Waals surface area contributed by atoms with Gasteiger partial charge in [0.2, 0.25) is 5.91 Å². The van der Waals surface area contributed by atoms with Crippen molar-refractivity contribution in [3.05, 3.63) is 70.2 Å². The van der Waals surface area contributed by atoms with Crippen LogP contribution in [0.4, 0.5) is 0 Å². The van der Waals surface area contributed by atoms with Gasteiger partial charge in [-0.15, -0.1) is 0 Å². The molecule has 0 radical (unpaired) electrons. The van der Waals surface area contributed by atoms with Crippen molar-refractivity contribution in [1.29, 1.82) is 0 Å². The zero-order valence-electron chi connectivity index (χ0n) is 11.7. The highest BCUT2D eigenvalue weighted by Gasteiger charge is 2.09. The number of carbonyl (C=O) groups excluding carboxylic acids is 1. The third-order valence-corrected chi connectivity index (χ3v) is 3.48. The van der Waals surface area contributed by atoms with Gasteiger partial charge in [-0.3, -0.25) is 4.79 Å². The Morgan fingerprint density at radius 1 is 1.10 bits per heavy atom. The summed E-state index contributed by atoms with van der Waals surface area (Å²) in [5.41, 5.74) is 3.29. The van der Waals surface area contributed by atoms with Crippen molar-refractivity contribution >= 4 is 17.5 Å². The summed E-state index contributed by atoms with van der Waals surface area (Å²) >= 11 is 5.82. The topological polar surface area (TPSA) is 29.1 Å². The predicted octanol–water partition coefficient (Wildman–Crippen LogP) is 4.07. The molecule has 0 saturated heterocycles. The summed E-state index contributed by atoms with van der Waals surface area (Å²) in [6, 6.07) is 15.5. The SMILES string of the molecule is Cc1ccc([C@@H](C)NC(=O)Cc2ccc(Cl)cc2)cc1. The number of benzene rings is 2. The van der Waals surface area contributed by atoms with Gasteiger partial charge in [0.05, 0.1) is 12.5 Å². The lowest BCUT2D eigenvalue weighted by Gasteiger charge is -2.14. The minimum atomic E-state index is 0.00963. The highest BCUT2D eigenvalue weighted by molar-refractivity contribution is 6.30. The molecule has 0 spiro atoms. The second-order valence-electron chi connectivity index (χ2n) is 5.00. The van der Waals surface area contributed by atoms with Gasteiger partial charge in [0.25, 0.3) is 0 Å². The van der Waals surface area contributed by atoms with Gasteiger partial charge in [-0.25, -0.2) is 0 Å². The Hall–Kier alpha value is -1.80. The van der Waals surface area contributed by atoms with Gasteiger partial charge in [-0.05, 0) is 37.1 Å². The van der Waals surface area contributed by atoms with Gasteiger partial charge in [-0.1, -0.05) is 53.6 Å². The summed E-state index contributed by atoms with van der Waals surface area (Å²) in [7, 11) is 0. The highest BCUT2D eigenvalue weighted by Crippen LogP contribution is 2.14. The molecule has 2 aromatic carbocycles. The Labute approximate surface area is 124 Å². The molecule has 0 aliphatic heterocycles. The van der Waals surface area contributed by atoms with Crippen LogP contribution >= 0.6 is 11.6 Å². The fourth-order valence-electron chi connectivity index (χ4n) is 2.02. The van der Waals surface area contributed by atoms with Crippen molar-refractivity contribution in [2.45, 2.75) is 26.3 Å². The first-order valence-electron chi connectivity index (χ1n) is 6.65. The van der Waals surface area contributed by atoms with Crippen LogP contribution < -0.4 is 5.32 Å². The summed E-state index contributed by atoms with van der Waals surface area (Å²) in [5, 5.41) is 3.69. The van der Waals surface area contributed by atoms with E-state index in [1.807, 2.05) is 38.1 Å². The van der Waals surface area contributed by atoms with E-state index in [4.69, 9.17) is 11.6 Å². The number of hydrogen-bond donors (Lipinski definition) is 1. The minimum absolute atomic E-state index is 0.00963. The molecule has 1 atom stereocenters. The van der Waals surface area contributed by atoms with Crippen molar-refractivity contribution in [3.63, 3.8) is 0 Å². The van der Waals surface area contributed by atoms with Crippen molar-refractivity contribution in [2.75, 3.05) is 0 Å². The van der Waals surface area contributed by atoms with Gasteiger partial charge in [0.1, 0.15) is 0 Å². The molecule has 0 unspecified atom stereocenters. The largest absolute Gasteiger partial charge is 0.349 e. The number of nitrogens with one attached hydrogen (secondary N) is 1. The van der Waals surface area contributed by atoms with Crippen molar-refractivity contribution < 1.29 is 4.79 Å². The van der Waals surface area contributed by atoms with Gasteiger partial charge in [0, 0.05) is 5.02 Å². The molecule has 0 saturated carbocycles. The maximum Gasteiger partial charge on any atom is 0.224 e. The van der Waals surface area contributed by atoms with Gasteiger partial charge < -0.3 is 5.32 Å². The maximum atomic E-state index is 12.0. The van der Waals surface area contributed by atoms with E-state index in [1.54, 1.807) is 12.1 Å². The molecule has 2 nitrogen and oxygen atoms in total. The van der Waals surface area contributed by atoms with Crippen LogP contribution in [0.3, 0.4) is 0 Å². The van der Waals surface area contributed by atoms with Crippen LogP contribution in [-0.4, -0.2) is 5.91 Å². The van der Waals surface area contributed by atoms with Crippen LogP contribution in [0.15, 0.2) is 48.5 Å². The molecular formula is C17H18ClNO. The van der Waals surface area contributed by atoms with Crippen molar-refractivity contribution in [2.24, 2.45) is 0 Å². The van der Waals surface area contributed by atoms with Gasteiger partial charge >= 0.3 is 0 Å². The maximum absolute atomic E-state index is 12.0. The fraction of sp³-hybridized carbons (Fsp3) is 0.235. The summed E-state index contributed by atoms with van der Waals surface area (Å²) in [4.78, 5) is 12.0. The Morgan fingerprint density at radius 3 is 2.30 bits per heavy atom. The molecule has 0 aliphatic rings. The highest BCUT2D eigenvalue weighted by atomic mass is 35.5. The number of halogens is 1. The number of amides is 1. The van der Waals surface area contributed by atoms with Crippen LogP contribution in [-0.2, 0) is 11.2 Å². The first kappa shape index (κ1) is 14.6. The summed E-state index contributed by atoms with van der Waals surface area (Å²) in [6.45, 7) is 4.04. The smallest absolute Gasteiger partial charge is 0.224 e. The second kappa shape index (κ2) is 6.58. The molecule has 20 heavy (non-hydrogen) atoms. The lowest BCUT2D eigenvalue weighted by Crippen LogP contribution is -2.28. The van der Waals surface area contributed by atoms with E-state index in [2.05, 4.69) is 17.4 Å². The number of hydrogen-bond acceptors (Lipinski definition) is 1. The number of carbonyl (C=O) groups is 1. The second-order valence-corrected chi connectivity index (χ2v) is 5.44. The average Bonchev–Trinajstić information content (AvgIpc) is 2.42. The van der Waals surface area contributed by atoms with E-state index in [-0.39, 0.29) is 11.9 Å². The van der Waals surface area contributed by atoms with Crippen molar-refractivity contribution in [1.82, 2.24) is 5.32 Å². The fourth-order valence-corrected chi connectivity index (χ4v) is 2.14. The van der Waals surface area contributed by atoms with E-state index < -0.39 is 0 Å². The number of rotatable bonds is 4. The van der Waals surface area contributed by atoms with Crippen LogP contribution in [0, 0.1) is 6.92 Å². The first-order valence-corrected chi connectivity index (χ1v) is 7.03. The molecule has 0 aliphatic carbocycles. The van der Waals surface area contributed by atoms with Gasteiger partial charge in [0.15, 0.2) is 0 Å². The van der Waals surface area contributed by atoms with E-state index in [0.717, 1.165) is 11.1 Å². The van der Waals surface area contributed by atoms with E-state index in [9.17, 15) is 4.79 Å².